The highest BCUT2D eigenvalue weighted by atomic mass is 35.5. The maximum Gasteiger partial charge on any atom is 0.251 e. The molecule has 154 valence electrons. The lowest BCUT2D eigenvalue weighted by atomic mass is 9.56. The fourth-order valence-corrected chi connectivity index (χ4v) is 5.53. The van der Waals surface area contributed by atoms with E-state index in [1.165, 1.54) is 11.6 Å². The largest absolute Gasteiger partial charge is 0.349 e. The molecule has 2 saturated carbocycles. The van der Waals surface area contributed by atoms with Crippen molar-refractivity contribution in [3.63, 3.8) is 0 Å². The molecule has 3 nitrogen and oxygen atoms in total. The van der Waals surface area contributed by atoms with E-state index >= 15 is 0 Å². The number of pyridine rings is 1. The molecular formula is C25H24ClFN2O. The van der Waals surface area contributed by atoms with E-state index in [0.717, 1.165) is 49.4 Å². The van der Waals surface area contributed by atoms with Gasteiger partial charge in [-0.3, -0.25) is 9.78 Å². The monoisotopic (exact) mass is 422 g/mol. The number of aromatic nitrogens is 1. The van der Waals surface area contributed by atoms with Crippen LogP contribution in [0.5, 0.6) is 0 Å². The van der Waals surface area contributed by atoms with Crippen molar-refractivity contribution in [2.75, 3.05) is 0 Å². The number of benzene rings is 2. The van der Waals surface area contributed by atoms with Gasteiger partial charge >= 0.3 is 0 Å². The second-order valence-corrected chi connectivity index (χ2v) is 9.36. The first-order valence-corrected chi connectivity index (χ1v) is 11.0. The van der Waals surface area contributed by atoms with E-state index in [4.69, 9.17) is 11.6 Å². The van der Waals surface area contributed by atoms with Crippen molar-refractivity contribution in [3.8, 4) is 0 Å². The Morgan fingerprint density at radius 2 is 1.80 bits per heavy atom. The van der Waals surface area contributed by atoms with Gasteiger partial charge in [-0.2, -0.15) is 0 Å². The second kappa shape index (κ2) is 7.66. The Morgan fingerprint density at radius 1 is 1.07 bits per heavy atom. The van der Waals surface area contributed by atoms with Crippen LogP contribution in [0.25, 0.3) is 10.9 Å². The second-order valence-electron chi connectivity index (χ2n) is 8.92. The summed E-state index contributed by atoms with van der Waals surface area (Å²) in [5.74, 6) is 0.221. The van der Waals surface area contributed by atoms with Gasteiger partial charge in [-0.15, -0.1) is 0 Å². The molecule has 1 aromatic heterocycles. The summed E-state index contributed by atoms with van der Waals surface area (Å²) in [6.07, 6.45) is 8.45. The normalized spacial score (nSPS) is 25.8. The van der Waals surface area contributed by atoms with Gasteiger partial charge in [-0.1, -0.05) is 11.6 Å². The van der Waals surface area contributed by atoms with Crippen molar-refractivity contribution in [3.05, 3.63) is 76.7 Å². The average Bonchev–Trinajstić information content (AvgIpc) is 2.73. The number of carbonyl (C=O) groups is 1. The molecule has 2 aliphatic carbocycles. The highest BCUT2D eigenvalue weighted by Gasteiger charge is 2.46. The zero-order chi connectivity index (χ0) is 20.7. The van der Waals surface area contributed by atoms with E-state index in [1.54, 1.807) is 36.4 Å². The van der Waals surface area contributed by atoms with Crippen molar-refractivity contribution in [1.82, 2.24) is 10.3 Å². The SMILES string of the molecule is O=C(NC1CC2(CCC(c3ccnc4ccc(F)cc34)CC2)C1)c1ccc(Cl)cc1. The summed E-state index contributed by atoms with van der Waals surface area (Å²) in [5.41, 5.74) is 3.09. The summed E-state index contributed by atoms with van der Waals surface area (Å²) in [5, 5.41) is 4.74. The number of nitrogens with zero attached hydrogens (tertiary/aromatic N) is 1. The Kier molecular flexibility index (Phi) is 4.98. The molecule has 0 aliphatic heterocycles. The van der Waals surface area contributed by atoms with E-state index in [1.807, 2.05) is 6.20 Å². The molecule has 2 aromatic carbocycles. The molecule has 1 N–H and O–H groups in total. The first-order chi connectivity index (χ1) is 14.5. The topological polar surface area (TPSA) is 42.0 Å². The molecule has 1 heterocycles. The van der Waals surface area contributed by atoms with E-state index < -0.39 is 0 Å². The molecule has 0 unspecified atom stereocenters. The molecule has 5 heteroatoms. The van der Waals surface area contributed by atoms with E-state index in [-0.39, 0.29) is 17.8 Å². The summed E-state index contributed by atoms with van der Waals surface area (Å²) in [4.78, 5) is 16.8. The van der Waals surface area contributed by atoms with Crippen LogP contribution >= 0.6 is 11.6 Å². The van der Waals surface area contributed by atoms with Gasteiger partial charge < -0.3 is 5.32 Å². The third kappa shape index (κ3) is 3.69. The van der Waals surface area contributed by atoms with E-state index in [2.05, 4.69) is 16.4 Å². The number of amides is 1. The van der Waals surface area contributed by atoms with Crippen LogP contribution in [0.4, 0.5) is 4.39 Å². The van der Waals surface area contributed by atoms with Crippen LogP contribution in [0, 0.1) is 11.2 Å². The zero-order valence-electron chi connectivity index (χ0n) is 16.7. The van der Waals surface area contributed by atoms with Crippen molar-refractivity contribution in [1.29, 1.82) is 0 Å². The Bertz CT molecular complexity index is 1080. The minimum atomic E-state index is -0.206. The first-order valence-electron chi connectivity index (χ1n) is 10.6. The predicted octanol–water partition coefficient (Wildman–Crippen LogP) is 6.26. The van der Waals surface area contributed by atoms with Gasteiger partial charge in [0.25, 0.3) is 5.91 Å². The van der Waals surface area contributed by atoms with Crippen molar-refractivity contribution < 1.29 is 9.18 Å². The van der Waals surface area contributed by atoms with Gasteiger partial charge in [0.15, 0.2) is 0 Å². The van der Waals surface area contributed by atoms with Gasteiger partial charge in [0.05, 0.1) is 5.52 Å². The Balaban J connectivity index is 1.20. The molecule has 1 spiro atoms. The Hall–Kier alpha value is -2.46. The van der Waals surface area contributed by atoms with Crippen LogP contribution in [0.3, 0.4) is 0 Å². The van der Waals surface area contributed by atoms with Crippen molar-refractivity contribution >= 4 is 28.4 Å². The fraction of sp³-hybridized carbons (Fsp3) is 0.360. The third-order valence-electron chi connectivity index (χ3n) is 7.02. The summed E-state index contributed by atoms with van der Waals surface area (Å²) in [6, 6.07) is 14.2. The molecule has 0 radical (unpaired) electrons. The van der Waals surface area contributed by atoms with Gasteiger partial charge in [0.2, 0.25) is 0 Å². The molecule has 2 fully saturated rings. The molecule has 30 heavy (non-hydrogen) atoms. The molecular weight excluding hydrogens is 399 g/mol. The number of hydrogen-bond acceptors (Lipinski definition) is 2. The van der Waals surface area contributed by atoms with Crippen LogP contribution in [0.15, 0.2) is 54.7 Å². The summed E-state index contributed by atoms with van der Waals surface area (Å²) in [6.45, 7) is 0. The number of fused-ring (bicyclic) bond motifs is 1. The molecule has 1 amide bonds. The average molecular weight is 423 g/mol. The van der Waals surface area contributed by atoms with Gasteiger partial charge in [-0.25, -0.2) is 4.39 Å². The molecule has 0 atom stereocenters. The lowest BCUT2D eigenvalue weighted by molar-refractivity contribution is 0.0311. The first kappa shape index (κ1) is 19.5. The van der Waals surface area contributed by atoms with Crippen molar-refractivity contribution in [2.45, 2.75) is 50.5 Å². The van der Waals surface area contributed by atoms with Gasteiger partial charge in [0.1, 0.15) is 5.82 Å². The number of halogens is 2. The summed E-state index contributed by atoms with van der Waals surface area (Å²) < 4.78 is 13.8. The summed E-state index contributed by atoms with van der Waals surface area (Å²) in [7, 11) is 0. The number of carbonyl (C=O) groups excluding carboxylic acids is 1. The number of nitrogens with one attached hydrogen (secondary N) is 1. The third-order valence-corrected chi connectivity index (χ3v) is 7.28. The number of rotatable bonds is 3. The lowest BCUT2D eigenvalue weighted by Crippen LogP contribution is -2.51. The highest BCUT2D eigenvalue weighted by molar-refractivity contribution is 6.30. The summed E-state index contributed by atoms with van der Waals surface area (Å²) >= 11 is 5.90. The van der Waals surface area contributed by atoms with Crippen LogP contribution in [0.2, 0.25) is 5.02 Å². The minimum absolute atomic E-state index is 0.0227. The molecule has 5 rings (SSSR count). The molecule has 2 aliphatic rings. The zero-order valence-corrected chi connectivity index (χ0v) is 17.5. The molecule has 0 bridgehead atoms. The Labute approximate surface area is 180 Å². The quantitative estimate of drug-likeness (QED) is 0.541. The van der Waals surface area contributed by atoms with Crippen LogP contribution < -0.4 is 5.32 Å². The number of hydrogen-bond donors (Lipinski definition) is 1. The maximum absolute atomic E-state index is 13.8. The molecule has 0 saturated heterocycles. The maximum atomic E-state index is 13.8. The predicted molar refractivity (Wildman–Crippen MR) is 117 cm³/mol. The van der Waals surface area contributed by atoms with Crippen LogP contribution in [-0.2, 0) is 0 Å². The fourth-order valence-electron chi connectivity index (χ4n) is 5.40. The van der Waals surface area contributed by atoms with E-state index in [0.29, 0.717) is 21.9 Å². The Morgan fingerprint density at radius 3 is 2.53 bits per heavy atom. The van der Waals surface area contributed by atoms with Gasteiger partial charge in [-0.05, 0) is 104 Å². The standard InChI is InChI=1S/C25H24ClFN2O/c26-18-3-1-17(2-4-18)24(30)29-20-14-25(15-20)10-7-16(8-11-25)21-9-12-28-23-6-5-19(27)13-22(21)23/h1-6,9,12-13,16,20H,7-8,10-11,14-15H2,(H,29,30). The van der Waals surface area contributed by atoms with E-state index in [9.17, 15) is 9.18 Å². The smallest absolute Gasteiger partial charge is 0.251 e. The van der Waals surface area contributed by atoms with Gasteiger partial charge in [0, 0.05) is 28.2 Å². The minimum Gasteiger partial charge on any atom is -0.349 e. The van der Waals surface area contributed by atoms with Crippen LogP contribution in [-0.4, -0.2) is 16.9 Å². The van der Waals surface area contributed by atoms with Crippen molar-refractivity contribution in [2.24, 2.45) is 5.41 Å². The molecule has 3 aromatic rings. The van der Waals surface area contributed by atoms with Crippen LogP contribution in [0.1, 0.15) is 60.4 Å². The highest BCUT2D eigenvalue weighted by Crippen LogP contribution is 2.55. The lowest BCUT2D eigenvalue weighted by Gasteiger charge is -2.52.